The second kappa shape index (κ2) is 6.17. The molecule has 2 aromatic carbocycles. The number of aryl methyl sites for hydroxylation is 1. The van der Waals surface area contributed by atoms with E-state index < -0.39 is 0 Å². The van der Waals surface area contributed by atoms with Crippen LogP contribution < -0.4 is 0 Å². The largest absolute Gasteiger partial charge is 0.343 e. The van der Waals surface area contributed by atoms with E-state index in [2.05, 4.69) is 43.2 Å². The Kier molecular flexibility index (Phi) is 3.53. The van der Waals surface area contributed by atoms with Crippen LogP contribution in [0.1, 0.15) is 0 Å². The molecule has 0 fully saturated rings. The van der Waals surface area contributed by atoms with Gasteiger partial charge in [-0.3, -0.25) is 4.68 Å². The van der Waals surface area contributed by atoms with Crippen LogP contribution >= 0.6 is 0 Å². The van der Waals surface area contributed by atoms with Crippen LogP contribution in [0.15, 0.2) is 73.6 Å². The standard InChI is InChI=1S/C21H16N6/c1-27-11-16(10-26-27)15-7-8-17-18(9-15)22-12-24-20(17)21-19(23-13-25-21)14-5-3-2-4-6-14/h2-13H,1H3,(H,23,25). The predicted molar refractivity (Wildman–Crippen MR) is 105 cm³/mol. The number of H-pyrrole nitrogens is 1. The highest BCUT2D eigenvalue weighted by Gasteiger charge is 2.15. The average molecular weight is 352 g/mol. The minimum atomic E-state index is 0.842. The third-order valence-corrected chi connectivity index (χ3v) is 4.60. The summed E-state index contributed by atoms with van der Waals surface area (Å²) >= 11 is 0. The summed E-state index contributed by atoms with van der Waals surface area (Å²) in [7, 11) is 1.91. The third-order valence-electron chi connectivity index (χ3n) is 4.60. The highest BCUT2D eigenvalue weighted by molar-refractivity contribution is 5.96. The van der Waals surface area contributed by atoms with Gasteiger partial charge >= 0.3 is 0 Å². The zero-order valence-electron chi connectivity index (χ0n) is 14.7. The quantitative estimate of drug-likeness (QED) is 0.531. The molecule has 0 aliphatic heterocycles. The number of aromatic nitrogens is 6. The van der Waals surface area contributed by atoms with Gasteiger partial charge in [-0.1, -0.05) is 36.4 Å². The van der Waals surface area contributed by atoms with E-state index >= 15 is 0 Å². The lowest BCUT2D eigenvalue weighted by Crippen LogP contribution is -1.92. The van der Waals surface area contributed by atoms with Gasteiger partial charge in [-0.05, 0) is 17.7 Å². The van der Waals surface area contributed by atoms with Crippen molar-refractivity contribution in [3.05, 3.63) is 73.6 Å². The molecule has 0 atom stereocenters. The molecule has 3 aromatic heterocycles. The lowest BCUT2D eigenvalue weighted by atomic mass is 10.0. The summed E-state index contributed by atoms with van der Waals surface area (Å²) in [5.41, 5.74) is 6.69. The SMILES string of the molecule is Cn1cc(-c2ccc3c(-c4[nH]cnc4-c4ccccc4)ncnc3c2)cn1. The van der Waals surface area contributed by atoms with Crippen molar-refractivity contribution in [2.75, 3.05) is 0 Å². The fourth-order valence-corrected chi connectivity index (χ4v) is 3.30. The van der Waals surface area contributed by atoms with Crippen LogP contribution in [0.3, 0.4) is 0 Å². The molecule has 5 rings (SSSR count). The molecule has 1 N–H and O–H groups in total. The van der Waals surface area contributed by atoms with Gasteiger partial charge in [-0.15, -0.1) is 0 Å². The Labute approximate surface area is 155 Å². The second-order valence-electron chi connectivity index (χ2n) is 6.35. The molecule has 6 heteroatoms. The van der Waals surface area contributed by atoms with Crippen molar-refractivity contribution in [1.29, 1.82) is 0 Å². The van der Waals surface area contributed by atoms with Gasteiger partial charge in [0, 0.05) is 29.8 Å². The molecule has 27 heavy (non-hydrogen) atoms. The van der Waals surface area contributed by atoms with Crippen LogP contribution in [-0.4, -0.2) is 29.7 Å². The number of aromatic amines is 1. The fraction of sp³-hybridized carbons (Fsp3) is 0.0476. The van der Waals surface area contributed by atoms with Gasteiger partial charge in [0.1, 0.15) is 6.33 Å². The van der Waals surface area contributed by atoms with Gasteiger partial charge in [0.05, 0.1) is 35.1 Å². The predicted octanol–water partition coefficient (Wildman–Crippen LogP) is 4.09. The van der Waals surface area contributed by atoms with Crippen molar-refractivity contribution in [2.24, 2.45) is 7.05 Å². The molecule has 0 spiro atoms. The van der Waals surface area contributed by atoms with Crippen molar-refractivity contribution >= 4 is 10.9 Å². The number of benzene rings is 2. The number of fused-ring (bicyclic) bond motifs is 1. The van der Waals surface area contributed by atoms with Crippen molar-refractivity contribution < 1.29 is 0 Å². The smallest absolute Gasteiger partial charge is 0.116 e. The number of imidazole rings is 1. The first-order chi connectivity index (χ1) is 13.3. The van der Waals surface area contributed by atoms with Crippen molar-refractivity contribution in [3.8, 4) is 33.8 Å². The lowest BCUT2D eigenvalue weighted by molar-refractivity contribution is 0.768. The Morgan fingerprint density at radius 2 is 1.74 bits per heavy atom. The molecule has 6 nitrogen and oxygen atoms in total. The summed E-state index contributed by atoms with van der Waals surface area (Å²) in [5.74, 6) is 0. The zero-order chi connectivity index (χ0) is 18.2. The molecule has 0 radical (unpaired) electrons. The van der Waals surface area contributed by atoms with Gasteiger partial charge < -0.3 is 4.98 Å². The van der Waals surface area contributed by atoms with E-state index in [1.54, 1.807) is 17.3 Å². The number of rotatable bonds is 3. The molecule has 130 valence electrons. The van der Waals surface area contributed by atoms with E-state index in [-0.39, 0.29) is 0 Å². The molecule has 0 unspecified atom stereocenters. The van der Waals surface area contributed by atoms with Crippen LogP contribution in [0.25, 0.3) is 44.7 Å². The highest BCUT2D eigenvalue weighted by atomic mass is 15.2. The highest BCUT2D eigenvalue weighted by Crippen LogP contribution is 2.33. The monoisotopic (exact) mass is 352 g/mol. The summed E-state index contributed by atoms with van der Waals surface area (Å²) in [6.07, 6.45) is 7.15. The first-order valence-corrected chi connectivity index (χ1v) is 8.62. The number of hydrogen-bond donors (Lipinski definition) is 1. The topological polar surface area (TPSA) is 72.3 Å². The second-order valence-corrected chi connectivity index (χ2v) is 6.35. The maximum absolute atomic E-state index is 4.54. The Morgan fingerprint density at radius 3 is 2.56 bits per heavy atom. The van der Waals surface area contributed by atoms with Crippen molar-refractivity contribution in [1.82, 2.24) is 29.7 Å². The molecule has 0 amide bonds. The number of nitrogens with zero attached hydrogens (tertiary/aromatic N) is 5. The minimum Gasteiger partial charge on any atom is -0.343 e. The lowest BCUT2D eigenvalue weighted by Gasteiger charge is -2.07. The van der Waals surface area contributed by atoms with Crippen LogP contribution in [0.4, 0.5) is 0 Å². The summed E-state index contributed by atoms with van der Waals surface area (Å²) in [4.78, 5) is 16.8. The summed E-state index contributed by atoms with van der Waals surface area (Å²) in [6, 6.07) is 16.3. The van der Waals surface area contributed by atoms with Gasteiger partial charge in [0.25, 0.3) is 0 Å². The minimum absolute atomic E-state index is 0.842. The van der Waals surface area contributed by atoms with E-state index in [9.17, 15) is 0 Å². The molecule has 0 aliphatic carbocycles. The first kappa shape index (κ1) is 15.5. The van der Waals surface area contributed by atoms with Gasteiger partial charge in [0.2, 0.25) is 0 Å². The molecule has 0 saturated heterocycles. The summed E-state index contributed by atoms with van der Waals surface area (Å²) < 4.78 is 1.79. The average Bonchev–Trinajstić information content (AvgIpc) is 3.37. The fourth-order valence-electron chi connectivity index (χ4n) is 3.30. The first-order valence-electron chi connectivity index (χ1n) is 8.62. The maximum atomic E-state index is 4.54. The Hall–Kier alpha value is -3.80. The van der Waals surface area contributed by atoms with Crippen LogP contribution in [0.2, 0.25) is 0 Å². The molecule has 0 aliphatic rings. The Balaban J connectivity index is 1.66. The zero-order valence-corrected chi connectivity index (χ0v) is 14.7. The molecule has 5 aromatic rings. The van der Waals surface area contributed by atoms with E-state index in [0.29, 0.717) is 0 Å². The molecule has 3 heterocycles. The number of hydrogen-bond acceptors (Lipinski definition) is 4. The Bertz CT molecular complexity index is 1240. The molecular formula is C21H16N6. The van der Waals surface area contributed by atoms with E-state index in [0.717, 1.165) is 44.7 Å². The number of nitrogens with one attached hydrogen (secondary N) is 1. The van der Waals surface area contributed by atoms with Crippen molar-refractivity contribution in [2.45, 2.75) is 0 Å². The molecule has 0 bridgehead atoms. The maximum Gasteiger partial charge on any atom is 0.116 e. The summed E-state index contributed by atoms with van der Waals surface area (Å²) in [6.45, 7) is 0. The van der Waals surface area contributed by atoms with E-state index in [1.807, 2.05) is 49.8 Å². The molecular weight excluding hydrogens is 336 g/mol. The normalized spacial score (nSPS) is 11.1. The third kappa shape index (κ3) is 2.67. The van der Waals surface area contributed by atoms with E-state index in [1.165, 1.54) is 0 Å². The summed E-state index contributed by atoms with van der Waals surface area (Å²) in [5, 5.41) is 5.23. The van der Waals surface area contributed by atoms with Gasteiger partial charge in [0.15, 0.2) is 0 Å². The van der Waals surface area contributed by atoms with Crippen LogP contribution in [-0.2, 0) is 7.05 Å². The van der Waals surface area contributed by atoms with E-state index in [4.69, 9.17) is 0 Å². The van der Waals surface area contributed by atoms with Gasteiger partial charge in [-0.2, -0.15) is 5.10 Å². The van der Waals surface area contributed by atoms with Crippen molar-refractivity contribution in [3.63, 3.8) is 0 Å². The van der Waals surface area contributed by atoms with Gasteiger partial charge in [-0.25, -0.2) is 15.0 Å². The Morgan fingerprint density at radius 1 is 0.852 bits per heavy atom. The molecule has 0 saturated carbocycles. The van der Waals surface area contributed by atoms with Crippen LogP contribution in [0, 0.1) is 0 Å². The van der Waals surface area contributed by atoms with Crippen LogP contribution in [0.5, 0.6) is 0 Å².